The Labute approximate surface area is 145 Å². The second kappa shape index (κ2) is 6.48. The van der Waals surface area contributed by atoms with Crippen LogP contribution < -0.4 is 0 Å². The van der Waals surface area contributed by atoms with Crippen molar-refractivity contribution in [2.45, 2.75) is 17.8 Å². The molecule has 0 aromatic heterocycles. The molecule has 0 saturated heterocycles. The van der Waals surface area contributed by atoms with E-state index >= 15 is 0 Å². The Morgan fingerprint density at radius 1 is 1.12 bits per heavy atom. The van der Waals surface area contributed by atoms with E-state index in [2.05, 4.69) is 0 Å². The smallest absolute Gasteiger partial charge is 0.419 e. The minimum atomic E-state index is -4.64. The highest BCUT2D eigenvalue weighted by Gasteiger charge is 2.35. The monoisotopic (exact) mass is 366 g/mol. The van der Waals surface area contributed by atoms with Crippen LogP contribution in [0, 0.1) is 0 Å². The first-order valence-electron chi connectivity index (χ1n) is 7.36. The largest absolute Gasteiger partial charge is 0.508 e. The van der Waals surface area contributed by atoms with Crippen molar-refractivity contribution < 1.29 is 28.2 Å². The van der Waals surface area contributed by atoms with Gasteiger partial charge in [0.05, 0.1) is 10.5 Å². The van der Waals surface area contributed by atoms with Crippen molar-refractivity contribution in [1.29, 1.82) is 0 Å². The van der Waals surface area contributed by atoms with Gasteiger partial charge < -0.3 is 10.2 Å². The first-order chi connectivity index (χ1) is 11.8. The molecule has 1 aliphatic heterocycles. The van der Waals surface area contributed by atoms with Gasteiger partial charge in [-0.1, -0.05) is 24.3 Å². The average molecular weight is 366 g/mol. The second-order valence-corrected chi connectivity index (χ2v) is 6.81. The van der Waals surface area contributed by atoms with Gasteiger partial charge in [0.2, 0.25) is 0 Å². The van der Waals surface area contributed by atoms with Gasteiger partial charge in [0.1, 0.15) is 11.5 Å². The molecule has 3 nitrogen and oxygen atoms in total. The van der Waals surface area contributed by atoms with Crippen molar-refractivity contribution in [1.82, 2.24) is 0 Å². The lowest BCUT2D eigenvalue weighted by atomic mass is 10.0. The van der Waals surface area contributed by atoms with Gasteiger partial charge in [-0.15, -0.1) is 11.8 Å². The number of hydrogen-bond donors (Lipinski definition) is 2. The molecule has 0 aliphatic carbocycles. The highest BCUT2D eigenvalue weighted by molar-refractivity contribution is 8.04. The normalized spacial score (nSPS) is 17.4. The van der Waals surface area contributed by atoms with Crippen molar-refractivity contribution in [3.05, 3.63) is 70.1 Å². The van der Waals surface area contributed by atoms with Crippen LogP contribution in [0.4, 0.5) is 13.2 Å². The Morgan fingerprint density at radius 2 is 1.88 bits per heavy atom. The fourth-order valence-corrected chi connectivity index (χ4v) is 3.78. The second-order valence-electron chi connectivity index (χ2n) is 5.56. The molecule has 0 spiro atoms. The third kappa shape index (κ3) is 3.66. The lowest BCUT2D eigenvalue weighted by Crippen LogP contribution is -2.06. The number of Topliss-reactive ketones (excluding diaryl/α,β-unsaturated/α-hetero) is 1. The minimum Gasteiger partial charge on any atom is -0.508 e. The molecule has 0 bridgehead atoms. The van der Waals surface area contributed by atoms with Gasteiger partial charge in [0.15, 0.2) is 5.78 Å². The zero-order valence-corrected chi connectivity index (χ0v) is 13.6. The zero-order valence-electron chi connectivity index (χ0n) is 12.7. The standard InChI is InChI=1S/C18H13F3O3S/c19-18(20,21)13-9-10(4-5-14(13)23)15-6-7-16(25-15)17(24)11-2-1-3-12(22)8-11/h1-5,7-9,15,22-23H,6H2. The van der Waals surface area contributed by atoms with Crippen LogP contribution in [-0.4, -0.2) is 16.0 Å². The number of phenols is 2. The molecule has 7 heteroatoms. The summed E-state index contributed by atoms with van der Waals surface area (Å²) in [5.41, 5.74) is -0.371. The van der Waals surface area contributed by atoms with Crippen LogP contribution >= 0.6 is 11.8 Å². The van der Waals surface area contributed by atoms with Gasteiger partial charge in [-0.05, 0) is 36.2 Å². The molecule has 25 heavy (non-hydrogen) atoms. The predicted molar refractivity (Wildman–Crippen MR) is 88.6 cm³/mol. The van der Waals surface area contributed by atoms with E-state index < -0.39 is 17.5 Å². The average Bonchev–Trinajstić information content (AvgIpc) is 3.03. The number of benzene rings is 2. The lowest BCUT2D eigenvalue weighted by molar-refractivity contribution is -0.138. The van der Waals surface area contributed by atoms with Crippen LogP contribution in [0.25, 0.3) is 0 Å². The van der Waals surface area contributed by atoms with Crippen LogP contribution in [0.2, 0.25) is 0 Å². The van der Waals surface area contributed by atoms with Crippen molar-refractivity contribution in [2.75, 3.05) is 0 Å². The van der Waals surface area contributed by atoms with Crippen molar-refractivity contribution in [2.24, 2.45) is 0 Å². The molecular formula is C18H13F3O3S. The number of rotatable bonds is 3. The molecule has 1 unspecified atom stereocenters. The van der Waals surface area contributed by atoms with Crippen molar-refractivity contribution in [3.63, 3.8) is 0 Å². The third-order valence-electron chi connectivity index (χ3n) is 3.82. The molecule has 3 rings (SSSR count). The van der Waals surface area contributed by atoms with Gasteiger partial charge in [0.25, 0.3) is 0 Å². The molecular weight excluding hydrogens is 353 g/mol. The molecule has 2 aromatic carbocycles. The molecule has 2 N–H and O–H groups in total. The summed E-state index contributed by atoms with van der Waals surface area (Å²) in [7, 11) is 0. The summed E-state index contributed by atoms with van der Waals surface area (Å²) in [4.78, 5) is 12.9. The van der Waals surface area contributed by atoms with Crippen LogP contribution in [0.1, 0.15) is 33.2 Å². The van der Waals surface area contributed by atoms with Gasteiger partial charge in [-0.25, -0.2) is 0 Å². The SMILES string of the molecule is O=C(C1=CCC(c2ccc(O)c(C(F)(F)F)c2)S1)c1cccc(O)c1. The molecule has 1 heterocycles. The molecule has 0 radical (unpaired) electrons. The lowest BCUT2D eigenvalue weighted by Gasteiger charge is -2.14. The molecule has 2 aromatic rings. The fourth-order valence-electron chi connectivity index (χ4n) is 2.58. The number of halogens is 3. The Hall–Kier alpha value is -2.41. The van der Waals surface area contributed by atoms with Gasteiger partial charge >= 0.3 is 6.18 Å². The molecule has 0 amide bonds. The van der Waals surface area contributed by atoms with E-state index in [0.717, 1.165) is 12.1 Å². The van der Waals surface area contributed by atoms with E-state index in [4.69, 9.17) is 0 Å². The maximum absolute atomic E-state index is 12.9. The van der Waals surface area contributed by atoms with Crippen molar-refractivity contribution >= 4 is 17.5 Å². The fraction of sp³-hybridized carbons (Fsp3) is 0.167. The summed E-state index contributed by atoms with van der Waals surface area (Å²) in [6, 6.07) is 9.29. The van der Waals surface area contributed by atoms with E-state index in [1.807, 2.05) is 0 Å². The Bertz CT molecular complexity index is 859. The van der Waals surface area contributed by atoms with Gasteiger partial charge in [0, 0.05) is 10.8 Å². The number of aromatic hydroxyl groups is 2. The number of alkyl halides is 3. The number of ketones is 1. The number of thioether (sulfide) groups is 1. The first kappa shape index (κ1) is 17.4. The van der Waals surface area contributed by atoms with Gasteiger partial charge in [-0.2, -0.15) is 13.2 Å². The summed E-state index contributed by atoms with van der Waals surface area (Å²) in [5.74, 6) is -1.12. The van der Waals surface area contributed by atoms with E-state index in [-0.39, 0.29) is 16.8 Å². The number of carbonyl (C=O) groups excluding carboxylic acids is 1. The van der Waals surface area contributed by atoms with E-state index in [9.17, 15) is 28.2 Å². The number of carbonyl (C=O) groups is 1. The maximum Gasteiger partial charge on any atom is 0.419 e. The summed E-state index contributed by atoms with van der Waals surface area (Å²) in [5, 5.41) is 18.5. The minimum absolute atomic E-state index is 0.0284. The molecule has 0 saturated carbocycles. The Kier molecular flexibility index (Phi) is 4.51. The maximum atomic E-state index is 12.9. The summed E-state index contributed by atoms with van der Waals surface area (Å²) >= 11 is 1.18. The number of hydrogen-bond acceptors (Lipinski definition) is 4. The molecule has 1 aliphatic rings. The molecule has 0 fully saturated rings. The summed E-state index contributed by atoms with van der Waals surface area (Å²) in [6.07, 6.45) is -2.55. The quantitative estimate of drug-likeness (QED) is 0.746. The van der Waals surface area contributed by atoms with Crippen LogP contribution in [-0.2, 0) is 6.18 Å². The zero-order chi connectivity index (χ0) is 18.2. The van der Waals surface area contributed by atoms with Gasteiger partial charge in [-0.3, -0.25) is 4.79 Å². The number of allylic oxidation sites excluding steroid dienone is 2. The Morgan fingerprint density at radius 3 is 2.56 bits per heavy atom. The third-order valence-corrected chi connectivity index (χ3v) is 5.17. The first-order valence-corrected chi connectivity index (χ1v) is 8.24. The molecule has 1 atom stereocenters. The van der Waals surface area contributed by atoms with Crippen LogP contribution in [0.3, 0.4) is 0 Å². The summed E-state index contributed by atoms with van der Waals surface area (Å²) < 4.78 is 38.8. The van der Waals surface area contributed by atoms with Crippen LogP contribution in [0.5, 0.6) is 11.5 Å². The van der Waals surface area contributed by atoms with Crippen molar-refractivity contribution in [3.8, 4) is 11.5 Å². The predicted octanol–water partition coefficient (Wildman–Crippen LogP) is 5.06. The topological polar surface area (TPSA) is 57.5 Å². The highest BCUT2D eigenvalue weighted by atomic mass is 32.2. The summed E-state index contributed by atoms with van der Waals surface area (Å²) in [6.45, 7) is 0. The highest BCUT2D eigenvalue weighted by Crippen LogP contribution is 2.47. The molecule has 130 valence electrons. The Balaban J connectivity index is 1.80. The van der Waals surface area contributed by atoms with E-state index in [0.29, 0.717) is 22.5 Å². The van der Waals surface area contributed by atoms with E-state index in [1.54, 1.807) is 18.2 Å². The van der Waals surface area contributed by atoms with E-state index in [1.165, 1.54) is 30.0 Å². The van der Waals surface area contributed by atoms with Crippen LogP contribution in [0.15, 0.2) is 53.4 Å². The number of phenolic OH excluding ortho intramolecular Hbond substituents is 2.